The zero-order chi connectivity index (χ0) is 13.1. The van der Waals surface area contributed by atoms with Crippen molar-refractivity contribution in [3.63, 3.8) is 0 Å². The van der Waals surface area contributed by atoms with Gasteiger partial charge < -0.3 is 5.73 Å². The van der Waals surface area contributed by atoms with Crippen LogP contribution in [0.4, 0.5) is 10.1 Å². The zero-order valence-electron chi connectivity index (χ0n) is 11.3. The number of hydrogen-bond donors (Lipinski definition) is 1. The van der Waals surface area contributed by atoms with Gasteiger partial charge in [0.2, 0.25) is 0 Å². The van der Waals surface area contributed by atoms with E-state index in [1.165, 1.54) is 25.7 Å². The summed E-state index contributed by atoms with van der Waals surface area (Å²) in [7, 11) is 2.09. The second kappa shape index (κ2) is 5.70. The molecule has 100 valence electrons. The van der Waals surface area contributed by atoms with Crippen molar-refractivity contribution in [2.75, 3.05) is 12.8 Å². The molecule has 0 aromatic heterocycles. The minimum atomic E-state index is -0.257. The van der Waals surface area contributed by atoms with Gasteiger partial charge in [0.05, 0.1) is 5.69 Å². The highest BCUT2D eigenvalue weighted by atomic mass is 19.1. The van der Waals surface area contributed by atoms with E-state index in [0.717, 1.165) is 0 Å². The molecule has 1 aromatic carbocycles. The maximum atomic E-state index is 13.9. The molecule has 2 rings (SSSR count). The number of hydrogen-bond acceptors (Lipinski definition) is 2. The third-order valence-electron chi connectivity index (χ3n) is 4.16. The van der Waals surface area contributed by atoms with Crippen LogP contribution in [0.3, 0.4) is 0 Å². The first-order chi connectivity index (χ1) is 8.59. The van der Waals surface area contributed by atoms with Gasteiger partial charge in [-0.05, 0) is 31.9 Å². The van der Waals surface area contributed by atoms with Crippen LogP contribution < -0.4 is 5.73 Å². The minimum Gasteiger partial charge on any atom is -0.396 e. The van der Waals surface area contributed by atoms with Gasteiger partial charge in [-0.1, -0.05) is 31.9 Å². The van der Waals surface area contributed by atoms with Crippen LogP contribution in [0.5, 0.6) is 0 Å². The lowest BCUT2D eigenvalue weighted by Gasteiger charge is -2.36. The van der Waals surface area contributed by atoms with Crippen LogP contribution >= 0.6 is 0 Å². The Bertz CT molecular complexity index is 405. The molecule has 0 amide bonds. The quantitative estimate of drug-likeness (QED) is 0.833. The zero-order valence-corrected chi connectivity index (χ0v) is 11.3. The Morgan fingerprint density at radius 3 is 2.78 bits per heavy atom. The van der Waals surface area contributed by atoms with Crippen molar-refractivity contribution >= 4 is 5.69 Å². The number of nitrogens with zero attached hydrogens (tertiary/aromatic N) is 1. The van der Waals surface area contributed by atoms with E-state index in [4.69, 9.17) is 5.73 Å². The van der Waals surface area contributed by atoms with Crippen LogP contribution in [0, 0.1) is 11.7 Å². The first-order valence-electron chi connectivity index (χ1n) is 6.82. The van der Waals surface area contributed by atoms with Gasteiger partial charge in [0.15, 0.2) is 5.82 Å². The molecule has 18 heavy (non-hydrogen) atoms. The molecule has 3 heteroatoms. The molecule has 0 radical (unpaired) electrons. The Morgan fingerprint density at radius 2 is 2.06 bits per heavy atom. The third-order valence-corrected chi connectivity index (χ3v) is 4.16. The van der Waals surface area contributed by atoms with Gasteiger partial charge in [-0.25, -0.2) is 4.39 Å². The first-order valence-corrected chi connectivity index (χ1v) is 6.82. The fraction of sp³-hybridized carbons (Fsp3) is 0.600. The predicted molar refractivity (Wildman–Crippen MR) is 73.7 cm³/mol. The fourth-order valence-corrected chi connectivity index (χ4v) is 3.06. The van der Waals surface area contributed by atoms with Crippen molar-refractivity contribution in [2.24, 2.45) is 5.92 Å². The summed E-state index contributed by atoms with van der Waals surface area (Å²) in [4.78, 5) is 2.28. The van der Waals surface area contributed by atoms with E-state index >= 15 is 0 Å². The molecule has 2 atom stereocenters. The molecule has 1 fully saturated rings. The van der Waals surface area contributed by atoms with E-state index in [-0.39, 0.29) is 11.5 Å². The average molecular weight is 250 g/mol. The lowest BCUT2D eigenvalue weighted by atomic mass is 9.85. The highest BCUT2D eigenvalue weighted by Crippen LogP contribution is 2.28. The molecular formula is C15H23FN2. The van der Waals surface area contributed by atoms with Crippen molar-refractivity contribution in [1.29, 1.82) is 0 Å². The monoisotopic (exact) mass is 250 g/mol. The van der Waals surface area contributed by atoms with Crippen molar-refractivity contribution in [3.8, 4) is 0 Å². The summed E-state index contributed by atoms with van der Waals surface area (Å²) in [6, 6.07) is 5.84. The lowest BCUT2D eigenvalue weighted by Crippen LogP contribution is -2.38. The van der Waals surface area contributed by atoms with Crippen molar-refractivity contribution in [2.45, 2.75) is 45.2 Å². The van der Waals surface area contributed by atoms with Gasteiger partial charge in [0.25, 0.3) is 0 Å². The van der Waals surface area contributed by atoms with Gasteiger partial charge in [0, 0.05) is 18.2 Å². The van der Waals surface area contributed by atoms with Crippen LogP contribution in [0.25, 0.3) is 0 Å². The molecule has 0 saturated heterocycles. The Balaban J connectivity index is 2.06. The van der Waals surface area contributed by atoms with E-state index in [2.05, 4.69) is 18.9 Å². The summed E-state index contributed by atoms with van der Waals surface area (Å²) in [5.74, 6) is 0.445. The second-order valence-corrected chi connectivity index (χ2v) is 5.56. The van der Waals surface area contributed by atoms with Gasteiger partial charge >= 0.3 is 0 Å². The standard InChI is InChI=1S/C15H23FN2/c1-11-6-3-4-9-14(11)18(2)10-12-7-5-8-13(17)15(12)16/h5,7-8,11,14H,3-4,6,9-10,17H2,1-2H3. The molecule has 1 aromatic rings. The highest BCUT2D eigenvalue weighted by molar-refractivity contribution is 5.42. The Labute approximate surface area is 109 Å². The van der Waals surface area contributed by atoms with Gasteiger partial charge in [-0.2, -0.15) is 0 Å². The second-order valence-electron chi connectivity index (χ2n) is 5.56. The molecule has 2 N–H and O–H groups in total. The van der Waals surface area contributed by atoms with Crippen LogP contribution in [0.15, 0.2) is 18.2 Å². The summed E-state index contributed by atoms with van der Waals surface area (Å²) in [6.45, 7) is 2.95. The number of nitrogens with two attached hydrogens (primary N) is 1. The molecule has 0 bridgehead atoms. The SMILES string of the molecule is CC1CCCCC1N(C)Cc1cccc(N)c1F. The van der Waals surface area contributed by atoms with Crippen LogP contribution in [0.2, 0.25) is 0 Å². The topological polar surface area (TPSA) is 29.3 Å². The third kappa shape index (κ3) is 2.83. The Morgan fingerprint density at radius 1 is 1.33 bits per heavy atom. The average Bonchev–Trinajstić information content (AvgIpc) is 2.35. The molecule has 2 unspecified atom stereocenters. The summed E-state index contributed by atoms with van der Waals surface area (Å²) in [5, 5.41) is 0. The van der Waals surface area contributed by atoms with Crippen molar-refractivity contribution < 1.29 is 4.39 Å². The molecule has 1 aliphatic carbocycles. The maximum absolute atomic E-state index is 13.9. The summed E-state index contributed by atoms with van der Waals surface area (Å²) < 4.78 is 13.9. The van der Waals surface area contributed by atoms with Crippen molar-refractivity contribution in [3.05, 3.63) is 29.6 Å². The first kappa shape index (κ1) is 13.3. The number of halogens is 1. The van der Waals surface area contributed by atoms with Crippen molar-refractivity contribution in [1.82, 2.24) is 4.90 Å². The van der Waals surface area contributed by atoms with Crippen LogP contribution in [-0.2, 0) is 6.54 Å². The van der Waals surface area contributed by atoms with Gasteiger partial charge in [-0.3, -0.25) is 4.90 Å². The molecule has 0 heterocycles. The Kier molecular flexibility index (Phi) is 4.23. The highest BCUT2D eigenvalue weighted by Gasteiger charge is 2.25. The van der Waals surface area contributed by atoms with E-state index in [1.807, 2.05) is 12.1 Å². The fourth-order valence-electron chi connectivity index (χ4n) is 3.06. The summed E-state index contributed by atoms with van der Waals surface area (Å²) in [6.07, 6.45) is 5.13. The Hall–Kier alpha value is -1.09. The molecule has 0 spiro atoms. The number of benzene rings is 1. The largest absolute Gasteiger partial charge is 0.396 e. The van der Waals surface area contributed by atoms with Gasteiger partial charge in [0.1, 0.15) is 0 Å². The van der Waals surface area contributed by atoms with E-state index < -0.39 is 0 Å². The number of anilines is 1. The minimum absolute atomic E-state index is 0.248. The molecule has 0 aliphatic heterocycles. The van der Waals surface area contributed by atoms with Crippen LogP contribution in [-0.4, -0.2) is 18.0 Å². The number of nitrogen functional groups attached to an aromatic ring is 1. The molecule has 1 aliphatic rings. The van der Waals surface area contributed by atoms with E-state index in [1.54, 1.807) is 6.07 Å². The molecule has 2 nitrogen and oxygen atoms in total. The normalized spacial score (nSPS) is 24.4. The summed E-state index contributed by atoms with van der Waals surface area (Å²) >= 11 is 0. The summed E-state index contributed by atoms with van der Waals surface area (Å²) in [5.41, 5.74) is 6.56. The molecule has 1 saturated carbocycles. The van der Waals surface area contributed by atoms with Crippen LogP contribution in [0.1, 0.15) is 38.2 Å². The smallest absolute Gasteiger partial charge is 0.150 e. The lowest BCUT2D eigenvalue weighted by molar-refractivity contribution is 0.132. The van der Waals surface area contributed by atoms with E-state index in [9.17, 15) is 4.39 Å². The molecular weight excluding hydrogens is 227 g/mol. The maximum Gasteiger partial charge on any atom is 0.150 e. The predicted octanol–water partition coefficient (Wildman–Crippen LogP) is 3.42. The van der Waals surface area contributed by atoms with E-state index in [0.29, 0.717) is 24.1 Å². The van der Waals surface area contributed by atoms with Gasteiger partial charge in [-0.15, -0.1) is 0 Å². The number of rotatable bonds is 3.